The molecule has 0 aromatic heterocycles. The van der Waals surface area contributed by atoms with E-state index in [-0.39, 0.29) is 30.1 Å². The van der Waals surface area contributed by atoms with Gasteiger partial charge in [-0.1, -0.05) is 42.5 Å². The van der Waals surface area contributed by atoms with Gasteiger partial charge < -0.3 is 25.6 Å². The number of nitrogens with one attached hydrogen (secondary N) is 2. The zero-order valence-corrected chi connectivity index (χ0v) is 21.3. The van der Waals surface area contributed by atoms with E-state index in [4.69, 9.17) is 15.2 Å². The number of phenols is 1. The van der Waals surface area contributed by atoms with Crippen molar-refractivity contribution in [1.82, 2.24) is 5.32 Å². The summed E-state index contributed by atoms with van der Waals surface area (Å²) in [5, 5.41) is 14.5. The second kappa shape index (κ2) is 14.3. The number of ether oxygens (including phenoxy) is 2. The molecule has 5 N–H and O–H groups in total. The van der Waals surface area contributed by atoms with Gasteiger partial charge in [0.25, 0.3) is 5.91 Å². The zero-order chi connectivity index (χ0) is 28.2. The number of imide groups is 1. The van der Waals surface area contributed by atoms with Crippen LogP contribution in [0.15, 0.2) is 84.9 Å². The van der Waals surface area contributed by atoms with Gasteiger partial charge in [-0.2, -0.15) is 0 Å². The van der Waals surface area contributed by atoms with Gasteiger partial charge >= 0.3 is 6.09 Å². The summed E-state index contributed by atoms with van der Waals surface area (Å²) in [6.07, 6.45) is 0.627. The summed E-state index contributed by atoms with van der Waals surface area (Å²) >= 11 is 0. The molecule has 3 aromatic carbocycles. The van der Waals surface area contributed by atoms with E-state index in [1.807, 2.05) is 0 Å². The van der Waals surface area contributed by atoms with Crippen molar-refractivity contribution < 1.29 is 33.4 Å². The summed E-state index contributed by atoms with van der Waals surface area (Å²) in [7, 11) is 0. The van der Waals surface area contributed by atoms with Gasteiger partial charge in [-0.05, 0) is 67.8 Å². The molecular formula is C29H30FN3O6. The molecule has 0 fully saturated rings. The van der Waals surface area contributed by atoms with Crippen molar-refractivity contribution in [2.45, 2.75) is 32.0 Å². The molecule has 3 rings (SSSR count). The summed E-state index contributed by atoms with van der Waals surface area (Å²) < 4.78 is 25.6. The number of aromatic hydroxyl groups is 1. The van der Waals surface area contributed by atoms with Crippen molar-refractivity contribution in [1.29, 1.82) is 0 Å². The number of rotatable bonds is 11. The number of allylic oxidation sites excluding steroid dienone is 1. The molecule has 0 aliphatic rings. The van der Waals surface area contributed by atoms with Gasteiger partial charge in [0.15, 0.2) is 17.7 Å². The number of nitrogen functional groups attached to an aromatic ring is 1. The Balaban J connectivity index is 1.71. The summed E-state index contributed by atoms with van der Waals surface area (Å²) in [6, 6.07) is 18.5. The SMILES string of the molecule is CCO[C@H](CC/C=C/C(=O)Nc1ccccc1N)[C@H](OC(=O)NC(=O)c1ccccc1)c1ccc(O)c(F)c1. The average Bonchev–Trinajstić information content (AvgIpc) is 2.92. The molecule has 0 radical (unpaired) electrons. The molecule has 0 unspecified atom stereocenters. The van der Waals surface area contributed by atoms with E-state index in [0.717, 1.165) is 12.1 Å². The van der Waals surface area contributed by atoms with Crippen molar-refractivity contribution in [2.24, 2.45) is 0 Å². The fourth-order valence-corrected chi connectivity index (χ4v) is 3.73. The van der Waals surface area contributed by atoms with Gasteiger partial charge in [0.2, 0.25) is 5.91 Å². The summed E-state index contributed by atoms with van der Waals surface area (Å²) in [5.74, 6) is -2.53. The first-order chi connectivity index (χ1) is 18.8. The number of carbonyl (C=O) groups excluding carboxylic acids is 3. The molecule has 10 heteroatoms. The highest BCUT2D eigenvalue weighted by Crippen LogP contribution is 2.30. The Kier molecular flexibility index (Phi) is 10.6. The molecule has 0 saturated heterocycles. The Hall–Kier alpha value is -4.70. The van der Waals surface area contributed by atoms with Crippen LogP contribution in [-0.2, 0) is 14.3 Å². The molecule has 0 saturated carbocycles. The number of amides is 3. The minimum atomic E-state index is -1.13. The largest absolute Gasteiger partial charge is 0.505 e. The summed E-state index contributed by atoms with van der Waals surface area (Å²) in [4.78, 5) is 37.3. The minimum absolute atomic E-state index is 0.215. The summed E-state index contributed by atoms with van der Waals surface area (Å²) in [6.45, 7) is 1.99. The number of halogens is 1. The number of phenolic OH excluding ortho intramolecular Hbond substituents is 1. The maximum Gasteiger partial charge on any atom is 0.414 e. The number of benzene rings is 3. The normalized spacial score (nSPS) is 12.5. The zero-order valence-electron chi connectivity index (χ0n) is 21.3. The lowest BCUT2D eigenvalue weighted by Gasteiger charge is -2.27. The molecule has 0 heterocycles. The Morgan fingerprint density at radius 3 is 2.46 bits per heavy atom. The van der Waals surface area contributed by atoms with Crippen LogP contribution in [0.25, 0.3) is 0 Å². The van der Waals surface area contributed by atoms with Gasteiger partial charge in [0.05, 0.1) is 17.5 Å². The highest BCUT2D eigenvalue weighted by atomic mass is 19.1. The first-order valence-corrected chi connectivity index (χ1v) is 12.3. The second-order valence-corrected chi connectivity index (χ2v) is 8.41. The standard InChI is InChI=1S/C29H30FN3O6/c1-2-38-25(14-8-9-15-26(35)32-23-13-7-6-12-22(23)31)27(20-16-17-24(34)21(30)18-20)39-29(37)33-28(36)19-10-4-3-5-11-19/h3-7,9-13,15-18,25,27,34H,2,8,14,31H2,1H3,(H,32,35)(H,33,36,37)/b15-9+/t25-,27-/m1/s1. The monoisotopic (exact) mass is 535 g/mol. The van der Waals surface area contributed by atoms with Crippen molar-refractivity contribution in [3.05, 3.63) is 102 Å². The molecule has 0 aliphatic heterocycles. The molecule has 204 valence electrons. The Morgan fingerprint density at radius 1 is 1.05 bits per heavy atom. The minimum Gasteiger partial charge on any atom is -0.505 e. The maximum absolute atomic E-state index is 14.2. The van der Waals surface area contributed by atoms with E-state index in [2.05, 4.69) is 10.6 Å². The van der Waals surface area contributed by atoms with Crippen molar-refractivity contribution >= 4 is 29.3 Å². The molecule has 39 heavy (non-hydrogen) atoms. The van der Waals surface area contributed by atoms with Crippen molar-refractivity contribution in [3.8, 4) is 5.75 Å². The van der Waals surface area contributed by atoms with Crippen LogP contribution >= 0.6 is 0 Å². The molecule has 0 spiro atoms. The van der Waals surface area contributed by atoms with E-state index < -0.39 is 35.8 Å². The summed E-state index contributed by atoms with van der Waals surface area (Å²) in [5.41, 5.74) is 7.23. The molecule has 0 bridgehead atoms. The molecule has 2 atom stereocenters. The number of carbonyl (C=O) groups is 3. The lowest BCUT2D eigenvalue weighted by atomic mass is 9.99. The molecule has 3 amide bonds. The number of hydrogen-bond donors (Lipinski definition) is 4. The highest BCUT2D eigenvalue weighted by Gasteiger charge is 2.29. The predicted octanol–water partition coefficient (Wildman–Crippen LogP) is 5.10. The first kappa shape index (κ1) is 28.9. The van der Waals surface area contributed by atoms with Crippen molar-refractivity contribution in [3.63, 3.8) is 0 Å². The van der Waals surface area contributed by atoms with Gasteiger partial charge in [0.1, 0.15) is 0 Å². The van der Waals surface area contributed by atoms with Gasteiger partial charge in [-0.25, -0.2) is 9.18 Å². The van der Waals surface area contributed by atoms with Crippen LogP contribution in [0.5, 0.6) is 5.75 Å². The Morgan fingerprint density at radius 2 is 1.77 bits per heavy atom. The topological polar surface area (TPSA) is 140 Å². The Labute approximate surface area is 225 Å². The van der Waals surface area contributed by atoms with Crippen LogP contribution in [0.4, 0.5) is 20.6 Å². The quantitative estimate of drug-likeness (QED) is 0.198. The fourth-order valence-electron chi connectivity index (χ4n) is 3.73. The van der Waals surface area contributed by atoms with Crippen LogP contribution in [0, 0.1) is 5.82 Å². The van der Waals surface area contributed by atoms with Gasteiger partial charge in [0, 0.05) is 12.2 Å². The lowest BCUT2D eigenvalue weighted by Crippen LogP contribution is -2.35. The predicted molar refractivity (Wildman–Crippen MR) is 144 cm³/mol. The maximum atomic E-state index is 14.2. The van der Waals surface area contributed by atoms with E-state index >= 15 is 0 Å². The number of hydrogen-bond acceptors (Lipinski definition) is 7. The molecule has 9 nitrogen and oxygen atoms in total. The van der Waals surface area contributed by atoms with Crippen molar-refractivity contribution in [2.75, 3.05) is 17.7 Å². The van der Waals surface area contributed by atoms with Crippen LogP contribution < -0.4 is 16.4 Å². The van der Waals surface area contributed by atoms with Gasteiger partial charge in [-0.3, -0.25) is 14.9 Å². The third-order valence-electron chi connectivity index (χ3n) is 5.61. The van der Waals surface area contributed by atoms with Crippen LogP contribution in [0.2, 0.25) is 0 Å². The average molecular weight is 536 g/mol. The third-order valence-corrected chi connectivity index (χ3v) is 5.61. The Bertz CT molecular complexity index is 1320. The first-order valence-electron chi connectivity index (χ1n) is 12.3. The second-order valence-electron chi connectivity index (χ2n) is 8.41. The van der Waals surface area contributed by atoms with E-state index in [1.165, 1.54) is 24.3 Å². The van der Waals surface area contributed by atoms with Crippen LogP contribution in [0.1, 0.15) is 41.8 Å². The van der Waals surface area contributed by atoms with Crippen LogP contribution in [-0.4, -0.2) is 35.7 Å². The van der Waals surface area contributed by atoms with E-state index in [9.17, 15) is 23.9 Å². The number of anilines is 2. The number of nitrogens with two attached hydrogens (primary N) is 1. The smallest absolute Gasteiger partial charge is 0.414 e. The van der Waals surface area contributed by atoms with E-state index in [0.29, 0.717) is 17.8 Å². The van der Waals surface area contributed by atoms with E-state index in [1.54, 1.807) is 55.5 Å². The lowest BCUT2D eigenvalue weighted by molar-refractivity contribution is -0.111. The van der Waals surface area contributed by atoms with Crippen LogP contribution in [0.3, 0.4) is 0 Å². The number of para-hydroxylation sites is 2. The number of alkyl carbamates (subject to hydrolysis) is 1. The van der Waals surface area contributed by atoms with Gasteiger partial charge in [-0.15, -0.1) is 0 Å². The molecule has 0 aliphatic carbocycles. The highest BCUT2D eigenvalue weighted by molar-refractivity contribution is 6.03. The fraction of sp³-hybridized carbons (Fsp3) is 0.207. The molecular weight excluding hydrogens is 505 g/mol. The third kappa shape index (κ3) is 8.68. The molecule has 3 aromatic rings.